The van der Waals surface area contributed by atoms with Crippen LogP contribution in [-0.2, 0) is 11.2 Å². The fourth-order valence-corrected chi connectivity index (χ4v) is 4.64. The molecule has 186 valence electrons. The van der Waals surface area contributed by atoms with Gasteiger partial charge in [0.05, 0.1) is 17.5 Å². The van der Waals surface area contributed by atoms with Crippen molar-refractivity contribution in [2.75, 3.05) is 31.1 Å². The second-order valence-corrected chi connectivity index (χ2v) is 8.94. The summed E-state index contributed by atoms with van der Waals surface area (Å²) in [6, 6.07) is 19.8. The number of carbonyl (C=O) groups excluding carboxylic acids is 1. The van der Waals surface area contributed by atoms with Crippen LogP contribution in [0.3, 0.4) is 0 Å². The van der Waals surface area contributed by atoms with E-state index in [2.05, 4.69) is 10.1 Å². The molecule has 0 aliphatic carbocycles. The average Bonchev–Trinajstić information content (AvgIpc) is 3.54. The highest BCUT2D eigenvalue weighted by Crippen LogP contribution is 2.27. The number of benzene rings is 3. The van der Waals surface area contributed by atoms with Gasteiger partial charge in [-0.15, -0.1) is 0 Å². The molecule has 1 aliphatic heterocycles. The van der Waals surface area contributed by atoms with Crippen molar-refractivity contribution < 1.29 is 18.1 Å². The third kappa shape index (κ3) is 4.55. The van der Waals surface area contributed by atoms with Gasteiger partial charge in [-0.1, -0.05) is 17.3 Å². The zero-order valence-electron chi connectivity index (χ0n) is 19.8. The lowest BCUT2D eigenvalue weighted by atomic mass is 10.2. The average molecular weight is 500 g/mol. The first-order valence-corrected chi connectivity index (χ1v) is 12.0. The number of halogens is 2. The number of hydrogen-bond acceptors (Lipinski definition) is 5. The first-order chi connectivity index (χ1) is 18.0. The van der Waals surface area contributed by atoms with Gasteiger partial charge in [0.2, 0.25) is 5.91 Å². The molecule has 1 fully saturated rings. The standard InChI is InChI=1S/C28H23F2N5O2/c29-20-7-5-19(6-8-20)24-18-35(22-11-9-21(30)10-12-22)26(31-24)17-27(36)33-13-15-34(16-14-33)28-23-3-1-2-4-25(23)37-32-28/h1-12,18H,13-17H2. The summed E-state index contributed by atoms with van der Waals surface area (Å²) >= 11 is 0. The zero-order chi connectivity index (χ0) is 25.4. The van der Waals surface area contributed by atoms with Crippen molar-refractivity contribution in [3.8, 4) is 16.9 Å². The normalized spacial score (nSPS) is 13.9. The van der Waals surface area contributed by atoms with E-state index in [1.54, 1.807) is 35.0 Å². The largest absolute Gasteiger partial charge is 0.354 e. The van der Waals surface area contributed by atoms with E-state index in [1.165, 1.54) is 24.3 Å². The molecule has 9 heteroatoms. The number of anilines is 1. The Morgan fingerprint density at radius 3 is 2.27 bits per heavy atom. The van der Waals surface area contributed by atoms with E-state index in [0.717, 1.165) is 22.4 Å². The lowest BCUT2D eigenvalue weighted by Crippen LogP contribution is -2.49. The van der Waals surface area contributed by atoms with Gasteiger partial charge in [-0.05, 0) is 60.7 Å². The SMILES string of the molecule is O=C(Cc1nc(-c2ccc(F)cc2)cn1-c1ccc(F)cc1)N1CCN(c2noc3ccccc23)CC1. The summed E-state index contributed by atoms with van der Waals surface area (Å²) in [6.07, 6.45) is 1.86. The second kappa shape index (κ2) is 9.50. The smallest absolute Gasteiger partial charge is 0.230 e. The number of rotatable bonds is 5. The molecule has 1 saturated heterocycles. The Hall–Kier alpha value is -4.53. The van der Waals surface area contributed by atoms with Gasteiger partial charge in [0, 0.05) is 43.6 Å². The molecule has 3 aromatic carbocycles. The molecular formula is C28H23F2N5O2. The van der Waals surface area contributed by atoms with Crippen LogP contribution in [0.15, 0.2) is 83.5 Å². The lowest BCUT2D eigenvalue weighted by molar-refractivity contribution is -0.130. The quantitative estimate of drug-likeness (QED) is 0.346. The third-order valence-electron chi connectivity index (χ3n) is 6.62. The van der Waals surface area contributed by atoms with Gasteiger partial charge in [-0.25, -0.2) is 13.8 Å². The molecule has 0 atom stereocenters. The van der Waals surface area contributed by atoms with Gasteiger partial charge in [-0.2, -0.15) is 0 Å². The van der Waals surface area contributed by atoms with Gasteiger partial charge in [0.1, 0.15) is 17.5 Å². The Labute approximate surface area is 211 Å². The van der Waals surface area contributed by atoms with Gasteiger partial charge in [0.15, 0.2) is 11.4 Å². The predicted molar refractivity (Wildman–Crippen MR) is 135 cm³/mol. The number of imidazole rings is 1. The number of nitrogens with zero attached hydrogens (tertiary/aromatic N) is 5. The van der Waals surface area contributed by atoms with Crippen molar-refractivity contribution in [1.29, 1.82) is 0 Å². The molecule has 2 aromatic heterocycles. The molecule has 0 saturated carbocycles. The van der Waals surface area contributed by atoms with Crippen LogP contribution in [0.2, 0.25) is 0 Å². The third-order valence-corrected chi connectivity index (χ3v) is 6.62. The zero-order valence-corrected chi connectivity index (χ0v) is 19.8. The van der Waals surface area contributed by atoms with Crippen molar-refractivity contribution in [3.63, 3.8) is 0 Å². The van der Waals surface area contributed by atoms with Gasteiger partial charge < -0.3 is 18.9 Å². The highest BCUT2D eigenvalue weighted by atomic mass is 19.1. The topological polar surface area (TPSA) is 67.4 Å². The number of piperazine rings is 1. The molecule has 37 heavy (non-hydrogen) atoms. The fraction of sp³-hybridized carbons (Fsp3) is 0.179. The highest BCUT2D eigenvalue weighted by Gasteiger charge is 2.26. The molecule has 0 unspecified atom stereocenters. The minimum atomic E-state index is -0.349. The van der Waals surface area contributed by atoms with Crippen LogP contribution >= 0.6 is 0 Å². The number of amides is 1. The van der Waals surface area contributed by atoms with Crippen molar-refractivity contribution >= 4 is 22.7 Å². The van der Waals surface area contributed by atoms with E-state index in [1.807, 2.05) is 29.2 Å². The molecular weight excluding hydrogens is 476 g/mol. The van der Waals surface area contributed by atoms with E-state index >= 15 is 0 Å². The molecule has 0 radical (unpaired) electrons. The van der Waals surface area contributed by atoms with Crippen molar-refractivity contribution in [3.05, 3.63) is 96.5 Å². The molecule has 0 bridgehead atoms. The van der Waals surface area contributed by atoms with Crippen LogP contribution in [0.25, 0.3) is 27.9 Å². The highest BCUT2D eigenvalue weighted by molar-refractivity contribution is 5.88. The molecule has 0 spiro atoms. The first-order valence-electron chi connectivity index (χ1n) is 12.0. The molecule has 0 N–H and O–H groups in total. The number of fused-ring (bicyclic) bond motifs is 1. The van der Waals surface area contributed by atoms with Crippen molar-refractivity contribution in [2.24, 2.45) is 0 Å². The maximum Gasteiger partial charge on any atom is 0.230 e. The Morgan fingerprint density at radius 1 is 0.865 bits per heavy atom. The fourth-order valence-electron chi connectivity index (χ4n) is 4.64. The summed E-state index contributed by atoms with van der Waals surface area (Å²) in [4.78, 5) is 22.0. The Kier molecular flexibility index (Phi) is 5.88. The molecule has 1 aliphatic rings. The lowest BCUT2D eigenvalue weighted by Gasteiger charge is -2.34. The van der Waals surface area contributed by atoms with Crippen LogP contribution in [0.1, 0.15) is 5.82 Å². The molecule has 5 aromatic rings. The second-order valence-electron chi connectivity index (χ2n) is 8.94. The maximum atomic E-state index is 13.5. The van der Waals surface area contributed by atoms with E-state index in [9.17, 15) is 13.6 Å². The number of aromatic nitrogens is 3. The summed E-state index contributed by atoms with van der Waals surface area (Å²) in [5.41, 5.74) is 2.76. The monoisotopic (exact) mass is 499 g/mol. The van der Waals surface area contributed by atoms with E-state index in [4.69, 9.17) is 9.51 Å². The van der Waals surface area contributed by atoms with Crippen molar-refractivity contribution in [1.82, 2.24) is 19.6 Å². The van der Waals surface area contributed by atoms with Gasteiger partial charge in [-0.3, -0.25) is 4.79 Å². The number of carbonyl (C=O) groups is 1. The van der Waals surface area contributed by atoms with Crippen LogP contribution in [0.5, 0.6) is 0 Å². The minimum Gasteiger partial charge on any atom is -0.354 e. The maximum absolute atomic E-state index is 13.5. The summed E-state index contributed by atoms with van der Waals surface area (Å²) in [7, 11) is 0. The number of para-hydroxylation sites is 1. The molecule has 7 nitrogen and oxygen atoms in total. The molecule has 6 rings (SSSR count). The minimum absolute atomic E-state index is 0.0516. The van der Waals surface area contributed by atoms with E-state index in [0.29, 0.717) is 43.4 Å². The number of hydrogen-bond donors (Lipinski definition) is 0. The predicted octanol–water partition coefficient (Wildman–Crippen LogP) is 4.85. The Morgan fingerprint density at radius 2 is 1.54 bits per heavy atom. The van der Waals surface area contributed by atoms with Gasteiger partial charge in [0.25, 0.3) is 0 Å². The van der Waals surface area contributed by atoms with E-state index < -0.39 is 0 Å². The van der Waals surface area contributed by atoms with E-state index in [-0.39, 0.29) is 24.0 Å². The van der Waals surface area contributed by atoms with Crippen LogP contribution in [-0.4, -0.2) is 51.7 Å². The Balaban J connectivity index is 1.21. The summed E-state index contributed by atoms with van der Waals surface area (Å²) in [5, 5.41) is 5.18. The summed E-state index contributed by atoms with van der Waals surface area (Å²) in [6.45, 7) is 2.36. The van der Waals surface area contributed by atoms with Crippen LogP contribution in [0.4, 0.5) is 14.6 Å². The van der Waals surface area contributed by atoms with Crippen molar-refractivity contribution in [2.45, 2.75) is 6.42 Å². The Bertz CT molecular complexity index is 1550. The van der Waals surface area contributed by atoms with Crippen LogP contribution in [0, 0.1) is 11.6 Å². The summed E-state index contributed by atoms with van der Waals surface area (Å²) in [5.74, 6) is 0.580. The first kappa shape index (κ1) is 22.9. The summed E-state index contributed by atoms with van der Waals surface area (Å²) < 4.78 is 34.2. The molecule has 3 heterocycles. The van der Waals surface area contributed by atoms with Crippen LogP contribution < -0.4 is 4.90 Å². The van der Waals surface area contributed by atoms with Gasteiger partial charge >= 0.3 is 0 Å². The molecule has 1 amide bonds.